The van der Waals surface area contributed by atoms with E-state index in [1.807, 2.05) is 38.1 Å². The molecule has 0 saturated heterocycles. The summed E-state index contributed by atoms with van der Waals surface area (Å²) in [4.78, 5) is 12.2. The average Bonchev–Trinajstić information content (AvgIpc) is 2.81. The fourth-order valence-electron chi connectivity index (χ4n) is 2.55. The Morgan fingerprint density at radius 3 is 2.57 bits per heavy atom. The van der Waals surface area contributed by atoms with Crippen LogP contribution in [0, 0.1) is 19.8 Å². The first kappa shape index (κ1) is 17.5. The summed E-state index contributed by atoms with van der Waals surface area (Å²) in [7, 11) is 0. The van der Waals surface area contributed by atoms with Gasteiger partial charge in [0.2, 0.25) is 5.91 Å². The van der Waals surface area contributed by atoms with Crippen LogP contribution < -0.4 is 10.6 Å². The minimum Gasteiger partial charge on any atom is -0.322 e. The van der Waals surface area contributed by atoms with Crippen molar-refractivity contribution < 1.29 is 4.79 Å². The minimum atomic E-state index is -0.102. The van der Waals surface area contributed by atoms with Gasteiger partial charge < -0.3 is 10.6 Å². The predicted octanol–water partition coefficient (Wildman–Crippen LogP) is 3.61. The minimum absolute atomic E-state index is 0.0148. The molecule has 0 aliphatic rings. The molecule has 2 rings (SSSR count). The number of nitrogens with zero attached hydrogens (tertiary/aromatic N) is 1. The number of H-pyrrole nitrogens is 1. The van der Waals surface area contributed by atoms with Gasteiger partial charge in [-0.15, -0.1) is 0 Å². The van der Waals surface area contributed by atoms with Crippen LogP contribution >= 0.6 is 11.6 Å². The van der Waals surface area contributed by atoms with Crippen LogP contribution in [0.3, 0.4) is 0 Å². The Morgan fingerprint density at radius 1 is 1.30 bits per heavy atom. The number of benzene rings is 1. The fourth-order valence-corrected chi connectivity index (χ4v) is 2.81. The lowest BCUT2D eigenvalue weighted by atomic mass is 9.96. The highest BCUT2D eigenvalue weighted by Crippen LogP contribution is 2.27. The third-order valence-corrected chi connectivity index (χ3v) is 4.13. The van der Waals surface area contributed by atoms with Crippen LogP contribution in [0.4, 0.5) is 5.69 Å². The molecule has 0 fully saturated rings. The number of carbonyl (C=O) groups is 1. The first-order valence-corrected chi connectivity index (χ1v) is 8.07. The number of hydrogen-bond acceptors (Lipinski definition) is 3. The lowest BCUT2D eigenvalue weighted by Gasteiger charge is -2.23. The van der Waals surface area contributed by atoms with Crippen molar-refractivity contribution in [3.05, 3.63) is 46.2 Å². The van der Waals surface area contributed by atoms with Gasteiger partial charge in [-0.25, -0.2) is 0 Å². The van der Waals surface area contributed by atoms with Crippen LogP contribution in [0.1, 0.15) is 36.8 Å². The number of rotatable bonds is 6. The number of halogens is 1. The zero-order chi connectivity index (χ0) is 17.0. The maximum absolute atomic E-state index is 12.2. The molecule has 1 aromatic heterocycles. The Morgan fingerprint density at radius 2 is 2.00 bits per heavy atom. The summed E-state index contributed by atoms with van der Waals surface area (Å²) in [6.45, 7) is 8.14. The molecule has 0 aliphatic carbocycles. The molecule has 1 atom stereocenters. The van der Waals surface area contributed by atoms with Gasteiger partial charge in [0.1, 0.15) is 0 Å². The molecule has 0 radical (unpaired) electrons. The van der Waals surface area contributed by atoms with Crippen molar-refractivity contribution in [2.75, 3.05) is 11.9 Å². The van der Waals surface area contributed by atoms with Crippen LogP contribution in [-0.4, -0.2) is 22.6 Å². The number of aromatic nitrogens is 2. The number of aryl methyl sites for hydroxylation is 2. The molecular weight excluding hydrogens is 312 g/mol. The van der Waals surface area contributed by atoms with E-state index in [1.54, 1.807) is 0 Å². The summed E-state index contributed by atoms with van der Waals surface area (Å²) in [5.41, 5.74) is 3.38. The van der Waals surface area contributed by atoms with Gasteiger partial charge in [-0.05, 0) is 31.4 Å². The monoisotopic (exact) mass is 334 g/mol. The van der Waals surface area contributed by atoms with Crippen LogP contribution in [-0.2, 0) is 4.79 Å². The molecule has 0 spiro atoms. The van der Waals surface area contributed by atoms with E-state index >= 15 is 0 Å². The summed E-state index contributed by atoms with van der Waals surface area (Å²) < 4.78 is 0. The number of carbonyl (C=O) groups excluding carboxylic acids is 1. The SMILES string of the molecule is Cc1n[nH]c(C)c1NC(=O)CNC(c1ccccc1Cl)C(C)C. The maximum atomic E-state index is 12.2. The van der Waals surface area contributed by atoms with E-state index in [4.69, 9.17) is 11.6 Å². The second-order valence-corrected chi connectivity index (χ2v) is 6.39. The van der Waals surface area contributed by atoms with Crippen LogP contribution in [0.2, 0.25) is 5.02 Å². The van der Waals surface area contributed by atoms with Gasteiger partial charge in [0, 0.05) is 11.1 Å². The normalized spacial score (nSPS) is 12.4. The third kappa shape index (κ3) is 4.33. The van der Waals surface area contributed by atoms with E-state index in [-0.39, 0.29) is 18.5 Å². The largest absolute Gasteiger partial charge is 0.322 e. The number of amides is 1. The molecule has 0 saturated carbocycles. The van der Waals surface area contributed by atoms with Crippen molar-refractivity contribution in [2.45, 2.75) is 33.7 Å². The Hall–Kier alpha value is -1.85. The maximum Gasteiger partial charge on any atom is 0.238 e. The molecule has 23 heavy (non-hydrogen) atoms. The average molecular weight is 335 g/mol. The number of aromatic amines is 1. The van der Waals surface area contributed by atoms with Crippen molar-refractivity contribution in [3.8, 4) is 0 Å². The van der Waals surface area contributed by atoms with Gasteiger partial charge in [0.15, 0.2) is 0 Å². The lowest BCUT2D eigenvalue weighted by Crippen LogP contribution is -2.34. The van der Waals surface area contributed by atoms with Crippen LogP contribution in [0.15, 0.2) is 24.3 Å². The number of nitrogens with one attached hydrogen (secondary N) is 3. The molecule has 1 aromatic carbocycles. The van der Waals surface area contributed by atoms with Gasteiger partial charge in [-0.3, -0.25) is 9.89 Å². The van der Waals surface area contributed by atoms with Crippen molar-refractivity contribution in [2.24, 2.45) is 5.92 Å². The highest BCUT2D eigenvalue weighted by atomic mass is 35.5. The van der Waals surface area contributed by atoms with Gasteiger partial charge in [-0.1, -0.05) is 43.6 Å². The highest BCUT2D eigenvalue weighted by Gasteiger charge is 2.19. The molecular formula is C17H23ClN4O. The summed E-state index contributed by atoms with van der Waals surface area (Å²) in [6, 6.07) is 7.73. The third-order valence-electron chi connectivity index (χ3n) is 3.78. The fraction of sp³-hybridized carbons (Fsp3) is 0.412. The standard InChI is InChI=1S/C17H23ClN4O/c1-10(2)16(13-7-5-6-8-14(13)18)19-9-15(23)20-17-11(3)21-22-12(17)4/h5-8,10,16,19H,9H2,1-4H3,(H,20,23)(H,21,22). The van der Waals surface area contributed by atoms with E-state index in [2.05, 4.69) is 34.7 Å². The molecule has 2 aromatic rings. The topological polar surface area (TPSA) is 69.8 Å². The molecule has 3 N–H and O–H groups in total. The Bertz CT molecular complexity index is 661. The van der Waals surface area contributed by atoms with Crippen molar-refractivity contribution in [3.63, 3.8) is 0 Å². The summed E-state index contributed by atoms with van der Waals surface area (Å²) >= 11 is 6.28. The Labute approximate surface area is 141 Å². The van der Waals surface area contributed by atoms with E-state index < -0.39 is 0 Å². The van der Waals surface area contributed by atoms with Gasteiger partial charge in [0.25, 0.3) is 0 Å². The lowest BCUT2D eigenvalue weighted by molar-refractivity contribution is -0.115. The zero-order valence-corrected chi connectivity index (χ0v) is 14.7. The zero-order valence-electron chi connectivity index (χ0n) is 13.9. The summed E-state index contributed by atoms with van der Waals surface area (Å²) in [6.07, 6.45) is 0. The summed E-state index contributed by atoms with van der Waals surface area (Å²) in [5, 5.41) is 13.8. The van der Waals surface area contributed by atoms with Gasteiger partial charge in [0.05, 0.1) is 23.6 Å². The van der Waals surface area contributed by atoms with Gasteiger partial charge >= 0.3 is 0 Å². The molecule has 0 bridgehead atoms. The smallest absolute Gasteiger partial charge is 0.238 e. The predicted molar refractivity (Wildman–Crippen MR) is 93.7 cm³/mol. The molecule has 1 unspecified atom stereocenters. The van der Waals surface area contributed by atoms with E-state index in [0.717, 1.165) is 22.6 Å². The molecule has 0 aliphatic heterocycles. The highest BCUT2D eigenvalue weighted by molar-refractivity contribution is 6.31. The molecule has 1 heterocycles. The first-order chi connectivity index (χ1) is 10.9. The van der Waals surface area contributed by atoms with E-state index in [1.165, 1.54) is 0 Å². The molecule has 124 valence electrons. The second kappa shape index (κ2) is 7.62. The van der Waals surface area contributed by atoms with Crippen molar-refractivity contribution >= 4 is 23.2 Å². The second-order valence-electron chi connectivity index (χ2n) is 5.98. The van der Waals surface area contributed by atoms with Crippen LogP contribution in [0.5, 0.6) is 0 Å². The van der Waals surface area contributed by atoms with E-state index in [0.29, 0.717) is 10.9 Å². The molecule has 5 nitrogen and oxygen atoms in total. The number of anilines is 1. The first-order valence-electron chi connectivity index (χ1n) is 7.69. The van der Waals surface area contributed by atoms with Crippen molar-refractivity contribution in [1.29, 1.82) is 0 Å². The van der Waals surface area contributed by atoms with Gasteiger partial charge in [-0.2, -0.15) is 5.10 Å². The van der Waals surface area contributed by atoms with Crippen LogP contribution in [0.25, 0.3) is 0 Å². The Kier molecular flexibility index (Phi) is 5.80. The molecule has 1 amide bonds. The number of hydrogen-bond donors (Lipinski definition) is 3. The quantitative estimate of drug-likeness (QED) is 0.756. The molecule has 6 heteroatoms. The van der Waals surface area contributed by atoms with E-state index in [9.17, 15) is 4.79 Å². The van der Waals surface area contributed by atoms with Crippen molar-refractivity contribution in [1.82, 2.24) is 15.5 Å². The Balaban J connectivity index is 2.02. The summed E-state index contributed by atoms with van der Waals surface area (Å²) in [5.74, 6) is 0.204.